The Kier molecular flexibility index (Phi) is 5.81. The van der Waals surface area contributed by atoms with E-state index in [1.54, 1.807) is 24.3 Å². The Morgan fingerprint density at radius 2 is 1.71 bits per heavy atom. The fourth-order valence-electron chi connectivity index (χ4n) is 3.09. The lowest BCUT2D eigenvalue weighted by Crippen LogP contribution is -2.39. The second-order valence-corrected chi connectivity index (χ2v) is 10.8. The summed E-state index contributed by atoms with van der Waals surface area (Å²) in [6, 6.07) is 14.5. The first-order valence-electron chi connectivity index (χ1n) is 9.00. The van der Waals surface area contributed by atoms with E-state index in [2.05, 4.69) is 4.72 Å². The van der Waals surface area contributed by atoms with Crippen LogP contribution in [0.4, 0.5) is 5.69 Å². The minimum atomic E-state index is -3.86. The molecule has 9 heteroatoms. The summed E-state index contributed by atoms with van der Waals surface area (Å²) in [7, 11) is -7.21. The molecule has 1 aliphatic rings. The monoisotopic (exact) mass is 424 g/mol. The number of anilines is 1. The summed E-state index contributed by atoms with van der Waals surface area (Å²) >= 11 is 0. The smallest absolute Gasteiger partial charge is 0.240 e. The number of sulfonamides is 2. The zero-order valence-electron chi connectivity index (χ0n) is 15.6. The molecule has 1 heterocycles. The normalized spacial score (nSPS) is 19.1. The molecule has 0 saturated carbocycles. The second kappa shape index (κ2) is 7.82. The lowest BCUT2D eigenvalue weighted by Gasteiger charge is -2.28. The van der Waals surface area contributed by atoms with Gasteiger partial charge in [0.1, 0.15) is 5.60 Å². The molecule has 0 radical (unpaired) electrons. The average Bonchev–Trinajstić information content (AvgIpc) is 2.67. The van der Waals surface area contributed by atoms with E-state index in [9.17, 15) is 21.9 Å². The van der Waals surface area contributed by atoms with Gasteiger partial charge >= 0.3 is 0 Å². The third kappa shape index (κ3) is 4.54. The molecule has 1 atom stereocenters. The van der Waals surface area contributed by atoms with Crippen LogP contribution in [0.2, 0.25) is 0 Å². The number of hydrogen-bond acceptors (Lipinski definition) is 5. The molecular weight excluding hydrogens is 400 g/mol. The van der Waals surface area contributed by atoms with Crippen molar-refractivity contribution in [1.82, 2.24) is 4.72 Å². The minimum absolute atomic E-state index is 0.00881. The predicted molar refractivity (Wildman–Crippen MR) is 108 cm³/mol. The van der Waals surface area contributed by atoms with Gasteiger partial charge in [0, 0.05) is 13.1 Å². The van der Waals surface area contributed by atoms with Gasteiger partial charge in [-0.05, 0) is 49.6 Å². The van der Waals surface area contributed by atoms with Crippen LogP contribution in [0.1, 0.15) is 25.3 Å². The molecule has 3 rings (SSSR count). The van der Waals surface area contributed by atoms with E-state index < -0.39 is 25.6 Å². The van der Waals surface area contributed by atoms with E-state index in [0.717, 1.165) is 6.42 Å². The zero-order chi connectivity index (χ0) is 20.4. The molecule has 2 N–H and O–H groups in total. The zero-order valence-corrected chi connectivity index (χ0v) is 17.2. The fourth-order valence-corrected chi connectivity index (χ4v) is 5.86. The predicted octanol–water partition coefficient (Wildman–Crippen LogP) is 1.80. The summed E-state index contributed by atoms with van der Waals surface area (Å²) in [5.74, 6) is 0.100. The lowest BCUT2D eigenvalue weighted by atomic mass is 9.97. The van der Waals surface area contributed by atoms with Crippen LogP contribution in [0.5, 0.6) is 0 Å². The van der Waals surface area contributed by atoms with Crippen LogP contribution < -0.4 is 9.03 Å². The number of nitrogens with zero attached hydrogens (tertiary/aromatic N) is 1. The highest BCUT2D eigenvalue weighted by molar-refractivity contribution is 7.92. The van der Waals surface area contributed by atoms with E-state index in [4.69, 9.17) is 0 Å². The van der Waals surface area contributed by atoms with Crippen LogP contribution in [-0.2, 0) is 25.6 Å². The Morgan fingerprint density at radius 3 is 2.32 bits per heavy atom. The second-order valence-electron chi connectivity index (χ2n) is 7.05. The molecule has 0 aliphatic carbocycles. The lowest BCUT2D eigenvalue weighted by molar-refractivity contribution is 0.0627. The molecule has 28 heavy (non-hydrogen) atoms. The molecule has 7 nitrogen and oxygen atoms in total. The van der Waals surface area contributed by atoms with Crippen molar-refractivity contribution in [3.05, 3.63) is 60.2 Å². The highest BCUT2D eigenvalue weighted by Crippen LogP contribution is 2.25. The minimum Gasteiger partial charge on any atom is -0.384 e. The maximum Gasteiger partial charge on any atom is 0.240 e. The van der Waals surface area contributed by atoms with Crippen molar-refractivity contribution in [2.75, 3.05) is 23.1 Å². The van der Waals surface area contributed by atoms with Gasteiger partial charge in [-0.3, -0.25) is 4.31 Å². The van der Waals surface area contributed by atoms with E-state index in [1.165, 1.54) is 35.5 Å². The van der Waals surface area contributed by atoms with Gasteiger partial charge in [0.25, 0.3) is 0 Å². The number of nitrogens with one attached hydrogen (secondary N) is 1. The van der Waals surface area contributed by atoms with Gasteiger partial charge in [0.05, 0.1) is 16.3 Å². The fraction of sp³-hybridized carbons (Fsp3) is 0.368. The quantitative estimate of drug-likeness (QED) is 0.736. The maximum absolute atomic E-state index is 12.6. The van der Waals surface area contributed by atoms with Gasteiger partial charge in [-0.25, -0.2) is 21.6 Å². The molecule has 1 unspecified atom stereocenters. The van der Waals surface area contributed by atoms with Crippen molar-refractivity contribution < 1.29 is 21.9 Å². The van der Waals surface area contributed by atoms with E-state index >= 15 is 0 Å². The molecular formula is C19H24N2O5S2. The SMILES string of the molecule is CC(O)(CNS(=O)(=O)c1ccc(N2CCCCS2(=O)=O)cc1)c1ccccc1. The Hall–Kier alpha value is -1.94. The van der Waals surface area contributed by atoms with Crippen LogP contribution in [0.15, 0.2) is 59.5 Å². The summed E-state index contributed by atoms with van der Waals surface area (Å²) in [4.78, 5) is 0.00881. The molecule has 1 saturated heterocycles. The van der Waals surface area contributed by atoms with Crippen LogP contribution in [0.25, 0.3) is 0 Å². The molecule has 0 aromatic heterocycles. The van der Waals surface area contributed by atoms with Gasteiger partial charge in [-0.2, -0.15) is 0 Å². The Morgan fingerprint density at radius 1 is 1.07 bits per heavy atom. The van der Waals surface area contributed by atoms with E-state index in [0.29, 0.717) is 24.2 Å². The number of rotatable bonds is 6. The molecule has 1 fully saturated rings. The number of hydrogen-bond donors (Lipinski definition) is 2. The third-order valence-electron chi connectivity index (χ3n) is 4.79. The van der Waals surface area contributed by atoms with Crippen molar-refractivity contribution in [3.63, 3.8) is 0 Å². The third-order valence-corrected chi connectivity index (χ3v) is 8.07. The summed E-state index contributed by atoms with van der Waals surface area (Å²) in [5.41, 5.74) is -0.311. The Balaban J connectivity index is 1.74. The molecule has 1 aliphatic heterocycles. The van der Waals surface area contributed by atoms with Crippen LogP contribution >= 0.6 is 0 Å². The van der Waals surface area contributed by atoms with Crippen LogP contribution in [0, 0.1) is 0 Å². The van der Waals surface area contributed by atoms with Gasteiger partial charge in [0.15, 0.2) is 0 Å². The molecule has 2 aromatic rings. The van der Waals surface area contributed by atoms with Crippen molar-refractivity contribution in [2.24, 2.45) is 0 Å². The Labute approximate surface area is 166 Å². The number of benzene rings is 2. The largest absolute Gasteiger partial charge is 0.384 e. The highest BCUT2D eigenvalue weighted by Gasteiger charge is 2.28. The first-order chi connectivity index (χ1) is 13.1. The van der Waals surface area contributed by atoms with Gasteiger partial charge < -0.3 is 5.11 Å². The van der Waals surface area contributed by atoms with Crippen molar-refractivity contribution in [1.29, 1.82) is 0 Å². The first kappa shape index (κ1) is 20.8. The molecule has 0 amide bonds. The summed E-state index contributed by atoms with van der Waals surface area (Å²) in [6.07, 6.45) is 1.41. The molecule has 152 valence electrons. The molecule has 2 aromatic carbocycles. The van der Waals surface area contributed by atoms with Crippen molar-refractivity contribution in [2.45, 2.75) is 30.3 Å². The van der Waals surface area contributed by atoms with Crippen LogP contribution in [0.3, 0.4) is 0 Å². The standard InChI is InChI=1S/C19H24N2O5S2/c1-19(22,16-7-3-2-4-8-16)15-20-28(25,26)18-11-9-17(10-12-18)21-13-5-6-14-27(21,23)24/h2-4,7-12,20,22H,5-6,13-15H2,1H3. The summed E-state index contributed by atoms with van der Waals surface area (Å²) < 4.78 is 53.2. The molecule has 0 bridgehead atoms. The van der Waals surface area contributed by atoms with Crippen molar-refractivity contribution >= 4 is 25.7 Å². The molecule has 0 spiro atoms. The Bertz CT molecular complexity index is 1020. The summed E-state index contributed by atoms with van der Waals surface area (Å²) in [5, 5.41) is 10.6. The highest BCUT2D eigenvalue weighted by atomic mass is 32.2. The van der Waals surface area contributed by atoms with E-state index in [1.807, 2.05) is 6.07 Å². The van der Waals surface area contributed by atoms with Gasteiger partial charge in [-0.1, -0.05) is 30.3 Å². The van der Waals surface area contributed by atoms with Gasteiger partial charge in [-0.15, -0.1) is 0 Å². The summed E-state index contributed by atoms with van der Waals surface area (Å²) in [6.45, 7) is 1.74. The topological polar surface area (TPSA) is 104 Å². The van der Waals surface area contributed by atoms with Crippen molar-refractivity contribution in [3.8, 4) is 0 Å². The average molecular weight is 425 g/mol. The van der Waals surface area contributed by atoms with Gasteiger partial charge in [0.2, 0.25) is 20.0 Å². The van der Waals surface area contributed by atoms with Crippen LogP contribution in [-0.4, -0.2) is 40.8 Å². The first-order valence-corrected chi connectivity index (χ1v) is 12.1. The number of aliphatic hydroxyl groups is 1. The maximum atomic E-state index is 12.6. The van der Waals surface area contributed by atoms with E-state index in [-0.39, 0.29) is 17.2 Å².